The molecule has 1 aliphatic heterocycles. The van der Waals surface area contributed by atoms with E-state index >= 15 is 0 Å². The van der Waals surface area contributed by atoms with E-state index in [-0.39, 0.29) is 0 Å². The molecule has 1 saturated carbocycles. The number of imidazole rings is 1. The Morgan fingerprint density at radius 3 is 2.72 bits per heavy atom. The fraction of sp³-hybridized carbons (Fsp3) is 0.786. The molecule has 0 amide bonds. The SMILES string of the molecule is CNC1CCN(c2nc(C)cn2C2CCCC2)C1. The molecule has 1 N–H and O–H groups in total. The van der Waals surface area contributed by atoms with Crippen LogP contribution in [0.2, 0.25) is 0 Å². The van der Waals surface area contributed by atoms with Gasteiger partial charge in [0.1, 0.15) is 0 Å². The Hall–Kier alpha value is -1.03. The van der Waals surface area contributed by atoms with Gasteiger partial charge in [0.25, 0.3) is 0 Å². The lowest BCUT2D eigenvalue weighted by atomic mass is 10.2. The minimum Gasteiger partial charge on any atom is -0.341 e. The molecule has 0 spiro atoms. The van der Waals surface area contributed by atoms with Gasteiger partial charge >= 0.3 is 0 Å². The monoisotopic (exact) mass is 248 g/mol. The zero-order valence-corrected chi connectivity index (χ0v) is 11.5. The molecular weight excluding hydrogens is 224 g/mol. The maximum Gasteiger partial charge on any atom is 0.206 e. The summed E-state index contributed by atoms with van der Waals surface area (Å²) in [5.74, 6) is 1.21. The molecule has 1 saturated heterocycles. The van der Waals surface area contributed by atoms with Gasteiger partial charge in [-0.3, -0.25) is 0 Å². The van der Waals surface area contributed by atoms with E-state index in [0.717, 1.165) is 18.8 Å². The zero-order chi connectivity index (χ0) is 12.5. The van der Waals surface area contributed by atoms with E-state index in [1.807, 2.05) is 0 Å². The fourth-order valence-corrected chi connectivity index (χ4v) is 3.37. The third kappa shape index (κ3) is 2.14. The van der Waals surface area contributed by atoms with Crippen LogP contribution in [-0.2, 0) is 0 Å². The smallest absolute Gasteiger partial charge is 0.206 e. The molecule has 1 atom stereocenters. The van der Waals surface area contributed by atoms with Crippen molar-refractivity contribution in [2.45, 2.75) is 51.1 Å². The minimum atomic E-state index is 0.624. The predicted octanol–water partition coefficient (Wildman–Crippen LogP) is 2.10. The highest BCUT2D eigenvalue weighted by Gasteiger charge is 2.27. The lowest BCUT2D eigenvalue weighted by Gasteiger charge is -2.22. The van der Waals surface area contributed by atoms with Crippen molar-refractivity contribution < 1.29 is 0 Å². The molecule has 1 unspecified atom stereocenters. The summed E-state index contributed by atoms with van der Waals surface area (Å²) in [4.78, 5) is 7.22. The highest BCUT2D eigenvalue weighted by molar-refractivity contribution is 5.36. The summed E-state index contributed by atoms with van der Waals surface area (Å²) in [7, 11) is 2.06. The first-order valence-corrected chi connectivity index (χ1v) is 7.25. The molecule has 100 valence electrons. The van der Waals surface area contributed by atoms with Crippen LogP contribution in [0.1, 0.15) is 43.8 Å². The van der Waals surface area contributed by atoms with Crippen molar-refractivity contribution in [2.24, 2.45) is 0 Å². The van der Waals surface area contributed by atoms with Gasteiger partial charge in [-0.15, -0.1) is 0 Å². The first-order valence-electron chi connectivity index (χ1n) is 7.25. The van der Waals surface area contributed by atoms with Gasteiger partial charge in [-0.25, -0.2) is 4.98 Å². The Balaban J connectivity index is 1.82. The van der Waals surface area contributed by atoms with E-state index in [4.69, 9.17) is 4.98 Å². The van der Waals surface area contributed by atoms with Gasteiger partial charge in [0.15, 0.2) is 0 Å². The molecule has 4 heteroatoms. The molecule has 0 aromatic carbocycles. The summed E-state index contributed by atoms with van der Waals surface area (Å²) in [6.45, 7) is 4.34. The average Bonchev–Trinajstić information content (AvgIpc) is 3.08. The van der Waals surface area contributed by atoms with E-state index in [0.29, 0.717) is 12.1 Å². The molecule has 18 heavy (non-hydrogen) atoms. The van der Waals surface area contributed by atoms with Crippen molar-refractivity contribution in [1.29, 1.82) is 0 Å². The maximum absolute atomic E-state index is 4.77. The number of nitrogens with zero attached hydrogens (tertiary/aromatic N) is 3. The first-order chi connectivity index (χ1) is 8.78. The number of aryl methyl sites for hydroxylation is 1. The lowest BCUT2D eigenvalue weighted by Crippen LogP contribution is -2.31. The Labute approximate surface area is 109 Å². The van der Waals surface area contributed by atoms with Crippen LogP contribution in [-0.4, -0.2) is 35.7 Å². The van der Waals surface area contributed by atoms with E-state index < -0.39 is 0 Å². The van der Waals surface area contributed by atoms with E-state index in [9.17, 15) is 0 Å². The number of hydrogen-bond donors (Lipinski definition) is 1. The number of anilines is 1. The maximum atomic E-state index is 4.77. The van der Waals surface area contributed by atoms with Crippen molar-refractivity contribution in [3.63, 3.8) is 0 Å². The summed E-state index contributed by atoms with van der Waals surface area (Å²) in [5.41, 5.74) is 1.16. The quantitative estimate of drug-likeness (QED) is 0.889. The largest absolute Gasteiger partial charge is 0.341 e. The molecule has 1 aromatic heterocycles. The van der Waals surface area contributed by atoms with Gasteiger partial charge in [0.05, 0.1) is 5.69 Å². The molecule has 2 heterocycles. The Bertz CT molecular complexity index is 406. The first kappa shape index (κ1) is 12.0. The third-order valence-corrected chi connectivity index (χ3v) is 4.43. The Morgan fingerprint density at radius 1 is 1.28 bits per heavy atom. The minimum absolute atomic E-state index is 0.624. The molecule has 0 bridgehead atoms. The summed E-state index contributed by atoms with van der Waals surface area (Å²) >= 11 is 0. The van der Waals surface area contributed by atoms with Gasteiger partial charge in [-0.1, -0.05) is 12.8 Å². The number of likely N-dealkylation sites (N-methyl/N-ethyl adjacent to an activating group) is 1. The number of aromatic nitrogens is 2. The Morgan fingerprint density at radius 2 is 2.06 bits per heavy atom. The summed E-state index contributed by atoms with van der Waals surface area (Å²) in [5, 5.41) is 3.38. The highest BCUT2D eigenvalue weighted by atomic mass is 15.3. The molecule has 1 aliphatic carbocycles. The number of hydrogen-bond acceptors (Lipinski definition) is 3. The summed E-state index contributed by atoms with van der Waals surface area (Å²) < 4.78 is 2.44. The number of nitrogens with one attached hydrogen (secondary N) is 1. The van der Waals surface area contributed by atoms with E-state index in [1.165, 1.54) is 38.1 Å². The van der Waals surface area contributed by atoms with Crippen molar-refractivity contribution in [2.75, 3.05) is 25.0 Å². The summed E-state index contributed by atoms with van der Waals surface area (Å²) in [6.07, 6.45) is 8.88. The van der Waals surface area contributed by atoms with Crippen LogP contribution in [0, 0.1) is 6.92 Å². The average molecular weight is 248 g/mol. The van der Waals surface area contributed by atoms with Crippen molar-refractivity contribution in [1.82, 2.24) is 14.9 Å². The van der Waals surface area contributed by atoms with E-state index in [1.54, 1.807) is 0 Å². The molecular formula is C14H24N4. The molecule has 2 aliphatic rings. The topological polar surface area (TPSA) is 33.1 Å². The molecule has 2 fully saturated rings. The van der Waals surface area contributed by atoms with E-state index in [2.05, 4.69) is 35.0 Å². The van der Waals surface area contributed by atoms with Crippen LogP contribution < -0.4 is 10.2 Å². The van der Waals surface area contributed by atoms with Crippen LogP contribution in [0.15, 0.2) is 6.20 Å². The summed E-state index contributed by atoms with van der Waals surface area (Å²) in [6, 6.07) is 1.31. The second-order valence-corrected chi connectivity index (χ2v) is 5.75. The highest BCUT2D eigenvalue weighted by Crippen LogP contribution is 2.33. The molecule has 0 radical (unpaired) electrons. The van der Waals surface area contributed by atoms with Gasteiger partial charge in [-0.05, 0) is 33.2 Å². The molecule has 1 aromatic rings. The normalized spacial score (nSPS) is 25.2. The Kier molecular flexibility index (Phi) is 3.29. The second kappa shape index (κ2) is 4.92. The van der Waals surface area contributed by atoms with Crippen molar-refractivity contribution in [3.8, 4) is 0 Å². The van der Waals surface area contributed by atoms with Crippen LogP contribution >= 0.6 is 0 Å². The van der Waals surface area contributed by atoms with Crippen molar-refractivity contribution >= 4 is 5.95 Å². The van der Waals surface area contributed by atoms with Gasteiger partial charge in [0, 0.05) is 31.4 Å². The van der Waals surface area contributed by atoms with Crippen LogP contribution in [0.25, 0.3) is 0 Å². The molecule has 3 rings (SSSR count). The fourth-order valence-electron chi connectivity index (χ4n) is 3.37. The zero-order valence-electron chi connectivity index (χ0n) is 11.5. The predicted molar refractivity (Wildman–Crippen MR) is 74.1 cm³/mol. The molecule has 4 nitrogen and oxygen atoms in total. The standard InChI is InChI=1S/C14H24N4/c1-11-9-18(13-5-3-4-6-13)14(16-11)17-8-7-12(10-17)15-2/h9,12-13,15H,3-8,10H2,1-2H3. The van der Waals surface area contributed by atoms with Gasteiger partial charge < -0.3 is 14.8 Å². The van der Waals surface area contributed by atoms with Gasteiger partial charge in [0.2, 0.25) is 5.95 Å². The van der Waals surface area contributed by atoms with Crippen LogP contribution in [0.3, 0.4) is 0 Å². The van der Waals surface area contributed by atoms with Crippen LogP contribution in [0.4, 0.5) is 5.95 Å². The van der Waals surface area contributed by atoms with Gasteiger partial charge in [-0.2, -0.15) is 0 Å². The third-order valence-electron chi connectivity index (χ3n) is 4.43. The second-order valence-electron chi connectivity index (χ2n) is 5.75. The van der Waals surface area contributed by atoms with Crippen molar-refractivity contribution in [3.05, 3.63) is 11.9 Å². The number of rotatable bonds is 3. The lowest BCUT2D eigenvalue weighted by molar-refractivity contribution is 0.514. The van der Waals surface area contributed by atoms with Crippen LogP contribution in [0.5, 0.6) is 0 Å².